The molecule has 25 heavy (non-hydrogen) atoms. The number of nitrogens with zero attached hydrogens (tertiary/aromatic N) is 2. The number of ketones is 1. The van der Waals surface area contributed by atoms with E-state index >= 15 is 0 Å². The molecule has 0 radical (unpaired) electrons. The molecular formula is C19H21FN2O2S. The first-order chi connectivity index (χ1) is 12.1. The fourth-order valence-electron chi connectivity index (χ4n) is 2.85. The topological polar surface area (TPSA) is 40.6 Å². The molecular weight excluding hydrogens is 339 g/mol. The van der Waals surface area contributed by atoms with Crippen molar-refractivity contribution in [3.63, 3.8) is 0 Å². The second kappa shape index (κ2) is 8.47. The quantitative estimate of drug-likeness (QED) is 0.743. The molecule has 1 heterocycles. The first kappa shape index (κ1) is 17.9. The van der Waals surface area contributed by atoms with E-state index in [1.165, 1.54) is 6.07 Å². The monoisotopic (exact) mass is 360 g/mol. The number of benzene rings is 2. The maximum absolute atomic E-state index is 13.7. The van der Waals surface area contributed by atoms with Crippen LogP contribution in [0.1, 0.15) is 15.9 Å². The molecule has 3 rings (SSSR count). The van der Waals surface area contributed by atoms with Crippen LogP contribution in [0.25, 0.3) is 0 Å². The van der Waals surface area contributed by atoms with Crippen LogP contribution >= 0.6 is 0 Å². The minimum Gasteiger partial charge on any atom is -0.293 e. The predicted octanol–water partition coefficient (Wildman–Crippen LogP) is 2.49. The Labute approximate surface area is 149 Å². The summed E-state index contributed by atoms with van der Waals surface area (Å²) in [6, 6.07) is 15.7. The van der Waals surface area contributed by atoms with Gasteiger partial charge in [-0.3, -0.25) is 9.69 Å². The molecule has 0 bridgehead atoms. The lowest BCUT2D eigenvalue weighted by atomic mass is 10.1. The zero-order valence-electron chi connectivity index (χ0n) is 13.9. The van der Waals surface area contributed by atoms with Gasteiger partial charge in [-0.1, -0.05) is 48.5 Å². The van der Waals surface area contributed by atoms with Gasteiger partial charge >= 0.3 is 0 Å². The molecule has 0 N–H and O–H groups in total. The minimum absolute atomic E-state index is 0.0986. The summed E-state index contributed by atoms with van der Waals surface area (Å²) in [5, 5.41) is 0. The van der Waals surface area contributed by atoms with Crippen molar-refractivity contribution in [3.8, 4) is 0 Å². The molecule has 0 spiro atoms. The first-order valence-corrected chi connectivity index (χ1v) is 9.58. The van der Waals surface area contributed by atoms with Gasteiger partial charge in [0.05, 0.1) is 23.3 Å². The van der Waals surface area contributed by atoms with Crippen molar-refractivity contribution in [1.29, 1.82) is 0 Å². The van der Waals surface area contributed by atoms with Crippen molar-refractivity contribution in [2.75, 3.05) is 32.7 Å². The average Bonchev–Trinajstić information content (AvgIpc) is 2.65. The third-order valence-corrected chi connectivity index (χ3v) is 5.82. The fourth-order valence-corrected chi connectivity index (χ4v) is 4.10. The predicted molar refractivity (Wildman–Crippen MR) is 97.0 cm³/mol. The second-order valence-electron chi connectivity index (χ2n) is 6.05. The molecule has 1 aliphatic heterocycles. The summed E-state index contributed by atoms with van der Waals surface area (Å²) < 4.78 is 28.0. The number of piperazine rings is 1. The van der Waals surface area contributed by atoms with Crippen molar-refractivity contribution in [3.05, 3.63) is 71.5 Å². The maximum atomic E-state index is 13.7. The van der Waals surface area contributed by atoms with E-state index in [9.17, 15) is 13.4 Å². The summed E-state index contributed by atoms with van der Waals surface area (Å²) in [6.45, 7) is 2.97. The molecule has 4 nitrogen and oxygen atoms in total. The Kier molecular flexibility index (Phi) is 6.07. The Hall–Kier alpha value is -1.89. The SMILES string of the molecule is O=C(CN1CCN(S(=O)Cc2ccccc2F)CC1)c1ccccc1. The summed E-state index contributed by atoms with van der Waals surface area (Å²) >= 11 is 0. The Morgan fingerprint density at radius 1 is 0.960 bits per heavy atom. The lowest BCUT2D eigenvalue weighted by Gasteiger charge is -2.33. The Balaban J connectivity index is 1.49. The largest absolute Gasteiger partial charge is 0.293 e. The molecule has 0 amide bonds. The van der Waals surface area contributed by atoms with Crippen molar-refractivity contribution in [2.45, 2.75) is 5.75 Å². The van der Waals surface area contributed by atoms with Crippen molar-refractivity contribution < 1.29 is 13.4 Å². The van der Waals surface area contributed by atoms with Gasteiger partial charge in [0.2, 0.25) is 0 Å². The summed E-state index contributed by atoms with van der Waals surface area (Å²) in [4.78, 5) is 14.3. The molecule has 1 fully saturated rings. The van der Waals surface area contributed by atoms with Gasteiger partial charge in [-0.2, -0.15) is 0 Å². The van der Waals surface area contributed by atoms with Crippen molar-refractivity contribution in [1.82, 2.24) is 9.21 Å². The van der Waals surface area contributed by atoms with Gasteiger partial charge in [-0.15, -0.1) is 0 Å². The molecule has 0 saturated carbocycles. The Bertz CT molecular complexity index is 746. The second-order valence-corrected chi connectivity index (χ2v) is 7.50. The van der Waals surface area contributed by atoms with Crippen LogP contribution in [0.5, 0.6) is 0 Å². The highest BCUT2D eigenvalue weighted by atomic mass is 32.2. The smallest absolute Gasteiger partial charge is 0.176 e. The standard InChI is InChI=1S/C19H21FN2O2S/c20-18-9-5-4-8-17(18)15-25(24)22-12-10-21(11-13-22)14-19(23)16-6-2-1-3-7-16/h1-9H,10-15H2. The normalized spacial score (nSPS) is 17.3. The molecule has 132 valence electrons. The van der Waals surface area contributed by atoms with Gasteiger partial charge in [0.25, 0.3) is 0 Å². The zero-order valence-corrected chi connectivity index (χ0v) is 14.8. The molecule has 0 aliphatic carbocycles. The van der Waals surface area contributed by atoms with E-state index in [-0.39, 0.29) is 17.4 Å². The van der Waals surface area contributed by atoms with Gasteiger partial charge in [0.15, 0.2) is 5.78 Å². The summed E-state index contributed by atoms with van der Waals surface area (Å²) in [7, 11) is -1.25. The number of Topliss-reactive ketones (excluding diaryl/α,β-unsaturated/α-hetero) is 1. The number of hydrogen-bond donors (Lipinski definition) is 0. The average molecular weight is 360 g/mol. The third-order valence-electron chi connectivity index (χ3n) is 4.32. The Morgan fingerprint density at radius 3 is 2.28 bits per heavy atom. The van der Waals surface area contributed by atoms with Crippen LogP contribution in [0.4, 0.5) is 4.39 Å². The lowest BCUT2D eigenvalue weighted by molar-refractivity contribution is 0.0903. The highest BCUT2D eigenvalue weighted by molar-refractivity contribution is 7.81. The number of carbonyl (C=O) groups excluding carboxylic acids is 1. The molecule has 1 aliphatic rings. The highest BCUT2D eigenvalue weighted by Crippen LogP contribution is 2.13. The summed E-state index contributed by atoms with van der Waals surface area (Å²) in [5.74, 6) is -0.0280. The molecule has 1 unspecified atom stereocenters. The number of halogens is 1. The molecule has 2 aromatic rings. The van der Waals surface area contributed by atoms with Gasteiger partial charge in [-0.05, 0) is 6.07 Å². The van der Waals surface area contributed by atoms with Crippen LogP contribution in [0.15, 0.2) is 54.6 Å². The van der Waals surface area contributed by atoms with Crippen molar-refractivity contribution >= 4 is 16.8 Å². The van der Waals surface area contributed by atoms with E-state index < -0.39 is 11.0 Å². The van der Waals surface area contributed by atoms with Crippen LogP contribution in [-0.2, 0) is 16.7 Å². The van der Waals surface area contributed by atoms with Crippen molar-refractivity contribution in [2.24, 2.45) is 0 Å². The number of carbonyl (C=O) groups is 1. The molecule has 0 aromatic heterocycles. The van der Waals surface area contributed by atoms with E-state index in [1.54, 1.807) is 18.2 Å². The van der Waals surface area contributed by atoms with E-state index in [0.717, 1.165) is 0 Å². The van der Waals surface area contributed by atoms with Crippen LogP contribution in [0, 0.1) is 5.82 Å². The van der Waals surface area contributed by atoms with Crippen LogP contribution < -0.4 is 0 Å². The number of rotatable bonds is 6. The molecule has 1 saturated heterocycles. The summed E-state index contributed by atoms with van der Waals surface area (Å²) in [5.41, 5.74) is 1.19. The van der Waals surface area contributed by atoms with E-state index in [1.807, 2.05) is 34.6 Å². The molecule has 2 aromatic carbocycles. The highest BCUT2D eigenvalue weighted by Gasteiger charge is 2.23. The minimum atomic E-state index is -1.25. The Morgan fingerprint density at radius 2 is 1.60 bits per heavy atom. The van der Waals surface area contributed by atoms with Crippen LogP contribution in [0.3, 0.4) is 0 Å². The lowest BCUT2D eigenvalue weighted by Crippen LogP contribution is -2.48. The van der Waals surface area contributed by atoms with E-state index in [0.29, 0.717) is 43.9 Å². The van der Waals surface area contributed by atoms with Gasteiger partial charge in [-0.25, -0.2) is 12.9 Å². The van der Waals surface area contributed by atoms with Crippen LogP contribution in [-0.4, -0.2) is 51.9 Å². The maximum Gasteiger partial charge on any atom is 0.176 e. The fraction of sp³-hybridized carbons (Fsp3) is 0.316. The van der Waals surface area contributed by atoms with Gasteiger partial charge in [0, 0.05) is 37.3 Å². The van der Waals surface area contributed by atoms with Crippen LogP contribution in [0.2, 0.25) is 0 Å². The van der Waals surface area contributed by atoms with Gasteiger partial charge < -0.3 is 0 Å². The van der Waals surface area contributed by atoms with Gasteiger partial charge in [0.1, 0.15) is 5.82 Å². The summed E-state index contributed by atoms with van der Waals surface area (Å²) in [6.07, 6.45) is 0. The first-order valence-electron chi connectivity index (χ1n) is 8.31. The van der Waals surface area contributed by atoms with E-state index in [2.05, 4.69) is 4.90 Å². The number of hydrogen-bond acceptors (Lipinski definition) is 3. The third kappa shape index (κ3) is 4.81. The van der Waals surface area contributed by atoms with E-state index in [4.69, 9.17) is 0 Å². The zero-order chi connectivity index (χ0) is 17.6. The molecule has 6 heteroatoms. The molecule has 1 atom stereocenters.